The molecule has 101 heavy (non-hydrogen) atoms. The highest BCUT2D eigenvalue weighted by Gasteiger charge is 2.22. The second-order valence-corrected chi connectivity index (χ2v) is 29.0. The maximum atomic E-state index is 13.0. The summed E-state index contributed by atoms with van der Waals surface area (Å²) in [5, 5.41) is 11.9. The van der Waals surface area contributed by atoms with Crippen LogP contribution in [0, 0.1) is 0 Å². The third-order valence-electron chi connectivity index (χ3n) is 18.1. The minimum Gasteiger partial charge on any atom is -0.545 e. The van der Waals surface area contributed by atoms with Crippen molar-refractivity contribution < 1.29 is 42.9 Å². The van der Waals surface area contributed by atoms with Crippen molar-refractivity contribution in [3.05, 3.63) is 146 Å². The van der Waals surface area contributed by atoms with Crippen LogP contribution in [0.3, 0.4) is 0 Å². The lowest BCUT2D eigenvalue weighted by Crippen LogP contribution is -2.44. The van der Waals surface area contributed by atoms with E-state index >= 15 is 0 Å². The van der Waals surface area contributed by atoms with Crippen LogP contribution in [-0.2, 0) is 33.3 Å². The summed E-state index contributed by atoms with van der Waals surface area (Å²) in [6, 6.07) is 0. The van der Waals surface area contributed by atoms with Crippen LogP contribution in [0.5, 0.6) is 0 Å². The number of carbonyl (C=O) groups is 3. The van der Waals surface area contributed by atoms with Crippen molar-refractivity contribution in [3.8, 4) is 0 Å². The number of hydrogen-bond acceptors (Lipinski definition) is 8. The number of carboxylic acid groups (broad SMARTS) is 1. The van der Waals surface area contributed by atoms with Crippen LogP contribution < -0.4 is 5.11 Å². The highest BCUT2D eigenvalue weighted by atomic mass is 16.7. The van der Waals surface area contributed by atoms with Gasteiger partial charge in [-0.05, 0) is 116 Å². The van der Waals surface area contributed by atoms with Crippen molar-refractivity contribution in [1.29, 1.82) is 0 Å². The van der Waals surface area contributed by atoms with E-state index in [0.29, 0.717) is 23.9 Å². The normalized spacial score (nSPS) is 13.4. The van der Waals surface area contributed by atoms with Crippen molar-refractivity contribution in [2.24, 2.45) is 0 Å². The summed E-state index contributed by atoms with van der Waals surface area (Å²) in [6.45, 7) is 4.55. The number of unbranched alkanes of at least 4 members (excludes halogenated alkanes) is 38. The first kappa shape index (κ1) is 96.2. The molecule has 0 saturated heterocycles. The lowest BCUT2D eigenvalue weighted by atomic mass is 10.0. The number of esters is 2. The summed E-state index contributed by atoms with van der Waals surface area (Å²) in [7, 11) is 5.94. The van der Waals surface area contributed by atoms with Crippen molar-refractivity contribution in [2.75, 3.05) is 47.5 Å². The number of aliphatic carboxylic acids is 1. The number of rotatable bonds is 77. The van der Waals surface area contributed by atoms with E-state index in [1.807, 2.05) is 21.1 Å². The lowest BCUT2D eigenvalue weighted by molar-refractivity contribution is -0.870. The fourth-order valence-electron chi connectivity index (χ4n) is 11.8. The molecule has 0 aliphatic rings. The van der Waals surface area contributed by atoms with E-state index in [1.165, 1.54) is 212 Å². The van der Waals surface area contributed by atoms with Crippen molar-refractivity contribution in [3.63, 3.8) is 0 Å². The minimum absolute atomic E-state index is 0.145. The molecule has 0 saturated carbocycles. The van der Waals surface area contributed by atoms with Gasteiger partial charge < -0.3 is 33.3 Å². The largest absolute Gasteiger partial charge is 0.545 e. The van der Waals surface area contributed by atoms with Gasteiger partial charge >= 0.3 is 11.9 Å². The molecule has 0 rings (SSSR count). The Kier molecular flexibility index (Phi) is 77.0. The predicted octanol–water partition coefficient (Wildman–Crippen LogP) is 26.0. The number of allylic oxidation sites excluding steroid dienone is 24. The van der Waals surface area contributed by atoms with Gasteiger partial charge in [-0.3, -0.25) is 9.59 Å². The molecular formula is C92H157NO8. The fourth-order valence-corrected chi connectivity index (χ4v) is 11.8. The molecule has 0 aromatic rings. The number of likely N-dealkylation sites (N-methyl/N-ethyl adjacent to an activating group) is 1. The van der Waals surface area contributed by atoms with Crippen LogP contribution in [-0.4, -0.2) is 82.3 Å². The molecule has 2 unspecified atom stereocenters. The number of ether oxygens (including phenoxy) is 4. The number of carboxylic acids is 1. The first-order valence-electron chi connectivity index (χ1n) is 42.0. The maximum absolute atomic E-state index is 13.0. The Bertz CT molecular complexity index is 2180. The topological polar surface area (TPSA) is 111 Å². The van der Waals surface area contributed by atoms with E-state index in [-0.39, 0.29) is 32.2 Å². The smallest absolute Gasteiger partial charge is 0.306 e. The van der Waals surface area contributed by atoms with Gasteiger partial charge in [-0.2, -0.15) is 0 Å². The molecule has 0 spiro atoms. The lowest BCUT2D eigenvalue weighted by Gasteiger charge is -2.26. The molecule has 2 atom stereocenters. The molecule has 0 aromatic heterocycles. The number of nitrogens with zero attached hydrogens (tertiary/aromatic N) is 1. The van der Waals surface area contributed by atoms with Crippen molar-refractivity contribution >= 4 is 17.9 Å². The molecule has 0 amide bonds. The summed E-state index contributed by atoms with van der Waals surface area (Å²) in [5.74, 6) is -2.27. The third-order valence-corrected chi connectivity index (χ3v) is 18.1. The summed E-state index contributed by atoms with van der Waals surface area (Å²) < 4.78 is 22.9. The number of hydrogen-bond donors (Lipinski definition) is 0. The van der Waals surface area contributed by atoms with Crippen molar-refractivity contribution in [1.82, 2.24) is 0 Å². The Balaban J connectivity index is 3.99. The van der Waals surface area contributed by atoms with Gasteiger partial charge in [-0.25, -0.2) is 0 Å². The molecule has 0 N–H and O–H groups in total. The first-order valence-corrected chi connectivity index (χ1v) is 42.0. The van der Waals surface area contributed by atoms with Crippen LogP contribution >= 0.6 is 0 Å². The molecule has 9 heteroatoms. The van der Waals surface area contributed by atoms with Gasteiger partial charge in [0.2, 0.25) is 0 Å². The molecule has 0 aliphatic heterocycles. The molecule has 0 bridgehead atoms. The van der Waals surface area contributed by atoms with Gasteiger partial charge in [0.25, 0.3) is 0 Å². The van der Waals surface area contributed by atoms with Gasteiger partial charge in [0.15, 0.2) is 12.4 Å². The van der Waals surface area contributed by atoms with Crippen LogP contribution in [0.15, 0.2) is 146 Å². The van der Waals surface area contributed by atoms with Crippen LogP contribution in [0.4, 0.5) is 0 Å². The average molecular weight is 1410 g/mol. The summed E-state index contributed by atoms with van der Waals surface area (Å²) in [4.78, 5) is 37.7. The van der Waals surface area contributed by atoms with E-state index < -0.39 is 24.3 Å². The monoisotopic (exact) mass is 1400 g/mol. The molecule has 578 valence electrons. The van der Waals surface area contributed by atoms with E-state index in [4.69, 9.17) is 18.9 Å². The van der Waals surface area contributed by atoms with Gasteiger partial charge in [0.1, 0.15) is 13.2 Å². The first-order chi connectivity index (χ1) is 49.6. The fraction of sp³-hybridized carbons (Fsp3) is 0.707. The van der Waals surface area contributed by atoms with E-state index in [2.05, 4.69) is 160 Å². The zero-order valence-electron chi connectivity index (χ0n) is 66.2. The Labute approximate surface area is 623 Å². The maximum Gasteiger partial charge on any atom is 0.306 e. The van der Waals surface area contributed by atoms with Gasteiger partial charge in [-0.1, -0.05) is 378 Å². The second kappa shape index (κ2) is 80.8. The Morgan fingerprint density at radius 3 is 0.792 bits per heavy atom. The van der Waals surface area contributed by atoms with Crippen molar-refractivity contribution in [2.45, 2.75) is 373 Å². The highest BCUT2D eigenvalue weighted by Crippen LogP contribution is 2.19. The average Bonchev–Trinajstić information content (AvgIpc) is 1.25. The quantitative estimate of drug-likeness (QED) is 0.0195. The zero-order chi connectivity index (χ0) is 73.2. The van der Waals surface area contributed by atoms with E-state index in [1.54, 1.807) is 0 Å². The van der Waals surface area contributed by atoms with Crippen LogP contribution in [0.2, 0.25) is 0 Å². The van der Waals surface area contributed by atoms with Crippen LogP contribution in [0.25, 0.3) is 0 Å². The SMILES string of the molecule is CC/C=C\C/C=C\C/C=C\C/C=C\C/C=C\C/C=C\C/C=C\CCCCCCCCCCCCCCCCCC(=O)OC(COC(=O)CCCCCCCCCCCCCCCCCCCCCCCCC/C=C\C/C=C\C/C=C\C/C=C\C/C=C\CC)COC(OCC[N+](C)(C)C)C(=O)[O-]. The molecule has 0 aromatic carbocycles. The summed E-state index contributed by atoms with van der Waals surface area (Å²) in [5.41, 5.74) is 0. The summed E-state index contributed by atoms with van der Waals surface area (Å²) in [6.07, 6.45) is 116. The zero-order valence-corrected chi connectivity index (χ0v) is 66.2. The molecule has 0 fully saturated rings. The Hall–Kier alpha value is -4.83. The van der Waals surface area contributed by atoms with Crippen LogP contribution in [0.1, 0.15) is 361 Å². The van der Waals surface area contributed by atoms with Gasteiger partial charge in [-0.15, -0.1) is 0 Å². The van der Waals surface area contributed by atoms with Gasteiger partial charge in [0.05, 0.1) is 40.3 Å². The summed E-state index contributed by atoms with van der Waals surface area (Å²) >= 11 is 0. The molecule has 0 aliphatic carbocycles. The van der Waals surface area contributed by atoms with E-state index in [9.17, 15) is 19.5 Å². The second-order valence-electron chi connectivity index (χ2n) is 29.0. The molecular weight excluding hydrogens is 1250 g/mol. The molecule has 0 radical (unpaired) electrons. The predicted molar refractivity (Wildman–Crippen MR) is 435 cm³/mol. The third kappa shape index (κ3) is 82.3. The molecule has 0 heterocycles. The van der Waals surface area contributed by atoms with E-state index in [0.717, 1.165) is 116 Å². The Morgan fingerprint density at radius 1 is 0.297 bits per heavy atom. The molecule has 9 nitrogen and oxygen atoms in total. The number of quaternary nitrogens is 1. The van der Waals surface area contributed by atoms with Gasteiger partial charge in [0, 0.05) is 12.8 Å². The Morgan fingerprint density at radius 2 is 0.535 bits per heavy atom. The standard InChI is InChI=1S/C92H157NO8/c1-6-8-10-12-14-16-18-20-22-24-26-28-30-32-34-36-38-40-42-44-45-47-48-50-52-54-56-58-60-62-64-66-68-70-72-74-76-78-80-82-89(94)99-86-88(87-100-92(91(96)97)98-85-84-93(3,4)5)101-90(95)83-81-79-77-75-73-71-69-67-65-63-61-59-57-55-53-51-49-46-43-41-39-37-35-33-31-29-27-25-23-21-19-17-15-13-11-9-7-2/h8-11,14-17,20-23,26-29,32-35,39,41,46,49,88,92H,6-7,12-13,18-19,24-25,30-31,36-38,40,42-45,47-48,50-87H2,1-5H3/b10-8-,11-9-,16-14-,17-15-,22-20-,23-21-,28-26-,29-27-,34-32-,35-33-,41-39-,49-46-. The minimum atomic E-state index is -1.63. The highest BCUT2D eigenvalue weighted by molar-refractivity contribution is 5.70. The number of carbonyl (C=O) groups excluding carboxylic acids is 3.